The molecule has 0 aliphatic carbocycles. The zero-order valence-corrected chi connectivity index (χ0v) is 12.5. The normalized spacial score (nSPS) is 10.1. The molecule has 2 rings (SSSR count). The van der Waals surface area contributed by atoms with E-state index in [0.717, 1.165) is 5.56 Å². The van der Waals surface area contributed by atoms with E-state index in [-0.39, 0.29) is 17.6 Å². The number of carbonyl (C=O) groups excluding carboxylic acids is 2. The summed E-state index contributed by atoms with van der Waals surface area (Å²) in [4.78, 5) is 25.2. The Morgan fingerprint density at radius 2 is 1.55 bits per heavy atom. The highest BCUT2D eigenvalue weighted by molar-refractivity contribution is 5.94. The Kier molecular flexibility index (Phi) is 4.88. The van der Waals surface area contributed by atoms with Crippen LogP contribution < -0.4 is 5.32 Å². The zero-order chi connectivity index (χ0) is 16.1. The Bertz CT molecular complexity index is 666. The van der Waals surface area contributed by atoms with Crippen molar-refractivity contribution < 1.29 is 14.0 Å². The molecule has 5 heteroatoms. The quantitative estimate of drug-likeness (QED) is 0.943. The molecule has 22 heavy (non-hydrogen) atoms. The Morgan fingerprint density at radius 3 is 2.09 bits per heavy atom. The predicted octanol–water partition coefficient (Wildman–Crippen LogP) is 2.46. The molecule has 114 valence electrons. The van der Waals surface area contributed by atoms with Crippen LogP contribution >= 0.6 is 0 Å². The van der Waals surface area contributed by atoms with Crippen molar-refractivity contribution in [2.45, 2.75) is 6.54 Å². The number of rotatable bonds is 4. The van der Waals surface area contributed by atoms with Crippen molar-refractivity contribution in [3.05, 3.63) is 71.0 Å². The molecule has 2 aromatic carbocycles. The van der Waals surface area contributed by atoms with E-state index in [1.54, 1.807) is 43.3 Å². The van der Waals surface area contributed by atoms with Gasteiger partial charge in [-0.3, -0.25) is 9.59 Å². The summed E-state index contributed by atoms with van der Waals surface area (Å²) in [5.74, 6) is -0.707. The van der Waals surface area contributed by atoms with Crippen LogP contribution in [-0.2, 0) is 6.54 Å². The highest BCUT2D eigenvalue weighted by Crippen LogP contribution is 2.11. The lowest BCUT2D eigenvalue weighted by molar-refractivity contribution is 0.0784. The van der Waals surface area contributed by atoms with Crippen LogP contribution in [-0.4, -0.2) is 30.8 Å². The van der Waals surface area contributed by atoms with Gasteiger partial charge in [-0.25, -0.2) is 4.39 Å². The molecule has 0 atom stereocenters. The third-order valence-corrected chi connectivity index (χ3v) is 3.30. The molecule has 0 saturated heterocycles. The highest BCUT2D eigenvalue weighted by atomic mass is 19.1. The predicted molar refractivity (Wildman–Crippen MR) is 82.0 cm³/mol. The fourth-order valence-electron chi connectivity index (χ4n) is 2.06. The van der Waals surface area contributed by atoms with Gasteiger partial charge >= 0.3 is 0 Å². The molecule has 0 saturated carbocycles. The van der Waals surface area contributed by atoms with Gasteiger partial charge in [0.2, 0.25) is 0 Å². The van der Waals surface area contributed by atoms with E-state index in [4.69, 9.17) is 0 Å². The van der Waals surface area contributed by atoms with Crippen LogP contribution in [0.3, 0.4) is 0 Å². The van der Waals surface area contributed by atoms with Gasteiger partial charge in [0.1, 0.15) is 5.82 Å². The summed E-state index contributed by atoms with van der Waals surface area (Å²) in [5.41, 5.74) is 1.91. The molecule has 0 aromatic heterocycles. The van der Waals surface area contributed by atoms with Crippen LogP contribution in [0.1, 0.15) is 26.3 Å². The molecule has 0 spiro atoms. The Morgan fingerprint density at radius 1 is 1.00 bits per heavy atom. The van der Waals surface area contributed by atoms with Crippen molar-refractivity contribution in [1.82, 2.24) is 10.2 Å². The molecule has 0 heterocycles. The lowest BCUT2D eigenvalue weighted by Crippen LogP contribution is -2.26. The molecule has 1 N–H and O–H groups in total. The summed E-state index contributed by atoms with van der Waals surface area (Å²) in [7, 11) is 3.25. The first-order valence-corrected chi connectivity index (χ1v) is 6.83. The van der Waals surface area contributed by atoms with Crippen LogP contribution in [0.25, 0.3) is 0 Å². The van der Waals surface area contributed by atoms with Gasteiger partial charge in [-0.05, 0) is 42.0 Å². The van der Waals surface area contributed by atoms with Gasteiger partial charge in [0, 0.05) is 31.8 Å². The van der Waals surface area contributed by atoms with Crippen molar-refractivity contribution in [3.63, 3.8) is 0 Å². The van der Waals surface area contributed by atoms with Gasteiger partial charge in [0.05, 0.1) is 0 Å². The van der Waals surface area contributed by atoms with Crippen molar-refractivity contribution in [2.24, 2.45) is 0 Å². The van der Waals surface area contributed by atoms with Crippen LogP contribution in [0.15, 0.2) is 48.5 Å². The number of hydrogen-bond donors (Lipinski definition) is 1. The van der Waals surface area contributed by atoms with E-state index < -0.39 is 0 Å². The minimum Gasteiger partial charge on any atom is -0.355 e. The lowest BCUT2D eigenvalue weighted by Gasteiger charge is -2.17. The van der Waals surface area contributed by atoms with Gasteiger partial charge in [0.25, 0.3) is 11.8 Å². The summed E-state index contributed by atoms with van der Waals surface area (Å²) in [5, 5.41) is 2.55. The molecule has 0 unspecified atom stereocenters. The summed E-state index contributed by atoms with van der Waals surface area (Å²) < 4.78 is 12.9. The van der Waals surface area contributed by atoms with Crippen molar-refractivity contribution in [2.75, 3.05) is 14.1 Å². The van der Waals surface area contributed by atoms with Crippen LogP contribution in [0.4, 0.5) is 4.39 Å². The number of nitrogens with zero attached hydrogens (tertiary/aromatic N) is 1. The molecule has 0 aliphatic rings. The number of hydrogen-bond acceptors (Lipinski definition) is 2. The van der Waals surface area contributed by atoms with E-state index in [0.29, 0.717) is 17.7 Å². The van der Waals surface area contributed by atoms with Crippen molar-refractivity contribution in [1.29, 1.82) is 0 Å². The maximum Gasteiger partial charge on any atom is 0.253 e. The second kappa shape index (κ2) is 6.85. The Hall–Kier alpha value is -2.69. The summed E-state index contributed by atoms with van der Waals surface area (Å²) >= 11 is 0. The number of carbonyl (C=O) groups is 2. The maximum absolute atomic E-state index is 12.9. The van der Waals surface area contributed by atoms with Crippen LogP contribution in [0.5, 0.6) is 0 Å². The summed E-state index contributed by atoms with van der Waals surface area (Å²) in [6.07, 6.45) is 0. The number of nitrogens with one attached hydrogen (secondary N) is 1. The molecule has 0 aliphatic heterocycles. The smallest absolute Gasteiger partial charge is 0.253 e. The van der Waals surface area contributed by atoms with E-state index in [1.807, 2.05) is 0 Å². The summed E-state index contributed by atoms with van der Waals surface area (Å²) in [6.45, 7) is 0.407. The molecular formula is C17H17FN2O2. The number of amides is 2. The van der Waals surface area contributed by atoms with Gasteiger partial charge in [-0.1, -0.05) is 12.1 Å². The second-order valence-corrected chi connectivity index (χ2v) is 4.94. The van der Waals surface area contributed by atoms with Gasteiger partial charge in [-0.2, -0.15) is 0 Å². The first-order chi connectivity index (χ1) is 10.5. The third-order valence-electron chi connectivity index (χ3n) is 3.30. The Balaban J connectivity index is 2.05. The van der Waals surface area contributed by atoms with E-state index in [9.17, 15) is 14.0 Å². The zero-order valence-electron chi connectivity index (χ0n) is 12.5. The fraction of sp³-hybridized carbons (Fsp3) is 0.176. The number of benzene rings is 2. The average molecular weight is 300 g/mol. The SMILES string of the molecule is CNC(=O)c1ccc(CN(C)C(=O)c2ccc(F)cc2)cc1. The van der Waals surface area contributed by atoms with Crippen LogP contribution in [0.2, 0.25) is 0 Å². The van der Waals surface area contributed by atoms with Crippen molar-refractivity contribution in [3.8, 4) is 0 Å². The average Bonchev–Trinajstić information content (AvgIpc) is 2.54. The minimum absolute atomic E-state index is 0.151. The van der Waals surface area contributed by atoms with Gasteiger partial charge in [0.15, 0.2) is 0 Å². The highest BCUT2D eigenvalue weighted by Gasteiger charge is 2.12. The molecule has 0 fully saturated rings. The monoisotopic (exact) mass is 300 g/mol. The minimum atomic E-state index is -0.371. The van der Waals surface area contributed by atoms with Crippen molar-refractivity contribution >= 4 is 11.8 Å². The van der Waals surface area contributed by atoms with E-state index in [2.05, 4.69) is 5.32 Å². The lowest BCUT2D eigenvalue weighted by atomic mass is 10.1. The first-order valence-electron chi connectivity index (χ1n) is 6.83. The first kappa shape index (κ1) is 15.7. The molecular weight excluding hydrogens is 283 g/mol. The van der Waals surface area contributed by atoms with Crippen LogP contribution in [0, 0.1) is 5.82 Å². The largest absolute Gasteiger partial charge is 0.355 e. The Labute approximate surface area is 128 Å². The van der Waals surface area contributed by atoms with E-state index in [1.165, 1.54) is 24.3 Å². The van der Waals surface area contributed by atoms with Gasteiger partial charge in [-0.15, -0.1) is 0 Å². The van der Waals surface area contributed by atoms with E-state index >= 15 is 0 Å². The molecule has 0 radical (unpaired) electrons. The third kappa shape index (κ3) is 3.69. The number of halogens is 1. The van der Waals surface area contributed by atoms with Gasteiger partial charge < -0.3 is 10.2 Å². The molecule has 0 bridgehead atoms. The fourth-order valence-corrected chi connectivity index (χ4v) is 2.06. The topological polar surface area (TPSA) is 49.4 Å². The molecule has 2 amide bonds. The summed E-state index contributed by atoms with van der Waals surface area (Å²) in [6, 6.07) is 12.5. The maximum atomic E-state index is 12.9. The standard InChI is InChI=1S/C17H17FN2O2/c1-19-16(21)13-5-3-12(4-6-13)11-20(2)17(22)14-7-9-15(18)10-8-14/h3-10H,11H2,1-2H3,(H,19,21). The molecule has 2 aromatic rings. The second-order valence-electron chi connectivity index (χ2n) is 4.94. The molecule has 4 nitrogen and oxygen atoms in total.